The van der Waals surface area contributed by atoms with Gasteiger partial charge in [0.15, 0.2) is 12.4 Å². The molecule has 0 amide bonds. The van der Waals surface area contributed by atoms with E-state index in [1.165, 1.54) is 5.56 Å². The summed E-state index contributed by atoms with van der Waals surface area (Å²) in [7, 11) is 0. The Labute approximate surface area is 113 Å². The number of ether oxygens (including phenoxy) is 1. The summed E-state index contributed by atoms with van der Waals surface area (Å²) in [6.07, 6.45) is 0. The number of aryl methyl sites for hydroxylation is 1. The third-order valence-electron chi connectivity index (χ3n) is 2.54. The standard InChI is InChI=1S/C14H19N3O2/c1-10(2)15-8-12-5-4-6-13(7-12)18-9-14-16-11(3)17-19-14/h4-7,10,15H,8-9H2,1-3H3. The summed E-state index contributed by atoms with van der Waals surface area (Å²) < 4.78 is 10.6. The van der Waals surface area contributed by atoms with Crippen LogP contribution < -0.4 is 10.1 Å². The summed E-state index contributed by atoms with van der Waals surface area (Å²) in [5.41, 5.74) is 1.19. The molecule has 2 aromatic rings. The second-order valence-electron chi connectivity index (χ2n) is 4.71. The number of rotatable bonds is 6. The average molecular weight is 261 g/mol. The van der Waals surface area contributed by atoms with Crippen LogP contribution in [0.25, 0.3) is 0 Å². The molecule has 0 aliphatic carbocycles. The molecule has 0 spiro atoms. The van der Waals surface area contributed by atoms with Crippen molar-refractivity contribution in [2.75, 3.05) is 0 Å². The van der Waals surface area contributed by atoms with Crippen molar-refractivity contribution in [3.05, 3.63) is 41.5 Å². The highest BCUT2D eigenvalue weighted by atomic mass is 16.5. The van der Waals surface area contributed by atoms with Crippen molar-refractivity contribution in [1.29, 1.82) is 0 Å². The second-order valence-corrected chi connectivity index (χ2v) is 4.71. The molecule has 2 rings (SSSR count). The monoisotopic (exact) mass is 261 g/mol. The number of nitrogens with zero attached hydrogens (tertiary/aromatic N) is 2. The van der Waals surface area contributed by atoms with E-state index in [0.29, 0.717) is 24.4 Å². The molecular formula is C14H19N3O2. The Bertz CT molecular complexity index is 523. The molecule has 0 aliphatic rings. The van der Waals surface area contributed by atoms with Crippen molar-refractivity contribution in [2.24, 2.45) is 0 Å². The van der Waals surface area contributed by atoms with E-state index >= 15 is 0 Å². The predicted octanol–water partition coefficient (Wildman–Crippen LogP) is 2.46. The third kappa shape index (κ3) is 4.37. The Hall–Kier alpha value is -1.88. The molecule has 0 unspecified atom stereocenters. The first-order chi connectivity index (χ1) is 9.13. The number of hydrogen-bond donors (Lipinski definition) is 1. The van der Waals surface area contributed by atoms with Gasteiger partial charge in [-0.05, 0) is 24.6 Å². The van der Waals surface area contributed by atoms with E-state index < -0.39 is 0 Å². The molecule has 0 atom stereocenters. The first-order valence-electron chi connectivity index (χ1n) is 6.38. The maximum absolute atomic E-state index is 5.63. The van der Waals surface area contributed by atoms with E-state index in [-0.39, 0.29) is 0 Å². The first kappa shape index (κ1) is 13.5. The number of nitrogens with one attached hydrogen (secondary N) is 1. The number of benzene rings is 1. The van der Waals surface area contributed by atoms with E-state index in [2.05, 4.69) is 35.4 Å². The molecule has 1 aromatic heterocycles. The van der Waals surface area contributed by atoms with Gasteiger partial charge in [-0.2, -0.15) is 4.98 Å². The lowest BCUT2D eigenvalue weighted by atomic mass is 10.2. The minimum atomic E-state index is 0.294. The van der Waals surface area contributed by atoms with Gasteiger partial charge in [0.05, 0.1) is 0 Å². The van der Waals surface area contributed by atoms with E-state index in [4.69, 9.17) is 9.26 Å². The van der Waals surface area contributed by atoms with Crippen molar-refractivity contribution >= 4 is 0 Å². The van der Waals surface area contributed by atoms with Gasteiger partial charge in [0.25, 0.3) is 5.89 Å². The summed E-state index contributed by atoms with van der Waals surface area (Å²) in [5, 5.41) is 7.09. The van der Waals surface area contributed by atoms with Crippen LogP contribution in [0.4, 0.5) is 0 Å². The molecule has 5 nitrogen and oxygen atoms in total. The zero-order valence-electron chi connectivity index (χ0n) is 11.5. The molecule has 0 saturated carbocycles. The fourth-order valence-electron chi connectivity index (χ4n) is 1.61. The first-order valence-corrected chi connectivity index (χ1v) is 6.38. The van der Waals surface area contributed by atoms with Gasteiger partial charge in [0.2, 0.25) is 0 Å². The number of aromatic nitrogens is 2. The zero-order valence-corrected chi connectivity index (χ0v) is 11.5. The van der Waals surface area contributed by atoms with Gasteiger partial charge in [0.1, 0.15) is 5.75 Å². The van der Waals surface area contributed by atoms with E-state index in [1.807, 2.05) is 18.2 Å². The molecule has 102 valence electrons. The topological polar surface area (TPSA) is 60.2 Å². The molecule has 0 saturated heterocycles. The van der Waals surface area contributed by atoms with Crippen LogP contribution in [-0.4, -0.2) is 16.2 Å². The molecule has 0 radical (unpaired) electrons. The second kappa shape index (κ2) is 6.33. The average Bonchev–Trinajstić information content (AvgIpc) is 2.80. The van der Waals surface area contributed by atoms with Crippen molar-refractivity contribution < 1.29 is 9.26 Å². The molecule has 5 heteroatoms. The largest absolute Gasteiger partial charge is 0.484 e. The smallest absolute Gasteiger partial charge is 0.264 e. The highest BCUT2D eigenvalue weighted by molar-refractivity contribution is 5.28. The zero-order chi connectivity index (χ0) is 13.7. The van der Waals surface area contributed by atoms with Gasteiger partial charge in [0, 0.05) is 12.6 Å². The predicted molar refractivity (Wildman–Crippen MR) is 71.8 cm³/mol. The lowest BCUT2D eigenvalue weighted by Gasteiger charge is -2.09. The Kier molecular flexibility index (Phi) is 4.52. The van der Waals surface area contributed by atoms with E-state index in [9.17, 15) is 0 Å². The highest BCUT2D eigenvalue weighted by Gasteiger charge is 2.04. The third-order valence-corrected chi connectivity index (χ3v) is 2.54. The molecule has 0 fully saturated rings. The molecule has 1 aromatic carbocycles. The Balaban J connectivity index is 1.91. The molecule has 1 N–H and O–H groups in total. The normalized spacial score (nSPS) is 10.9. The minimum Gasteiger partial charge on any atom is -0.484 e. The molecule has 0 bridgehead atoms. The van der Waals surface area contributed by atoms with Crippen molar-refractivity contribution in [3.63, 3.8) is 0 Å². The fraction of sp³-hybridized carbons (Fsp3) is 0.429. The summed E-state index contributed by atoms with van der Waals surface area (Å²) in [6.45, 7) is 7.15. The fourth-order valence-corrected chi connectivity index (χ4v) is 1.61. The quantitative estimate of drug-likeness (QED) is 0.865. The van der Waals surface area contributed by atoms with Crippen LogP contribution in [-0.2, 0) is 13.2 Å². The van der Waals surface area contributed by atoms with Crippen molar-refractivity contribution in [2.45, 2.75) is 40.0 Å². The lowest BCUT2D eigenvalue weighted by Crippen LogP contribution is -2.21. The van der Waals surface area contributed by atoms with Gasteiger partial charge in [-0.15, -0.1) is 0 Å². The van der Waals surface area contributed by atoms with Crippen LogP contribution in [0.5, 0.6) is 5.75 Å². The van der Waals surface area contributed by atoms with E-state index in [0.717, 1.165) is 12.3 Å². The SMILES string of the molecule is Cc1noc(COc2cccc(CNC(C)C)c2)n1. The molecule has 0 aliphatic heterocycles. The summed E-state index contributed by atoms with van der Waals surface area (Å²) >= 11 is 0. The summed E-state index contributed by atoms with van der Waals surface area (Å²) in [4.78, 5) is 4.09. The molecule has 19 heavy (non-hydrogen) atoms. The Morgan fingerprint density at radius 2 is 2.21 bits per heavy atom. The Morgan fingerprint density at radius 3 is 2.89 bits per heavy atom. The van der Waals surface area contributed by atoms with Gasteiger partial charge in [-0.1, -0.05) is 31.1 Å². The van der Waals surface area contributed by atoms with Crippen LogP contribution in [0.2, 0.25) is 0 Å². The summed E-state index contributed by atoms with van der Waals surface area (Å²) in [5.74, 6) is 1.91. The van der Waals surface area contributed by atoms with Crippen molar-refractivity contribution in [1.82, 2.24) is 15.5 Å². The van der Waals surface area contributed by atoms with E-state index in [1.54, 1.807) is 6.92 Å². The lowest BCUT2D eigenvalue weighted by molar-refractivity contribution is 0.242. The maximum Gasteiger partial charge on any atom is 0.264 e. The van der Waals surface area contributed by atoms with Crippen LogP contribution in [0, 0.1) is 6.92 Å². The van der Waals surface area contributed by atoms with Crippen LogP contribution in [0.3, 0.4) is 0 Å². The number of hydrogen-bond acceptors (Lipinski definition) is 5. The Morgan fingerprint density at radius 1 is 1.37 bits per heavy atom. The summed E-state index contributed by atoms with van der Waals surface area (Å²) in [6, 6.07) is 8.44. The van der Waals surface area contributed by atoms with Gasteiger partial charge < -0.3 is 14.6 Å². The maximum atomic E-state index is 5.63. The highest BCUT2D eigenvalue weighted by Crippen LogP contribution is 2.15. The molecular weight excluding hydrogens is 242 g/mol. The van der Waals surface area contributed by atoms with Gasteiger partial charge in [-0.25, -0.2) is 0 Å². The van der Waals surface area contributed by atoms with Gasteiger partial charge >= 0.3 is 0 Å². The van der Waals surface area contributed by atoms with Crippen LogP contribution in [0.15, 0.2) is 28.8 Å². The van der Waals surface area contributed by atoms with Crippen molar-refractivity contribution in [3.8, 4) is 5.75 Å². The van der Waals surface area contributed by atoms with Crippen LogP contribution >= 0.6 is 0 Å². The minimum absolute atomic E-state index is 0.294. The van der Waals surface area contributed by atoms with Gasteiger partial charge in [-0.3, -0.25) is 0 Å². The molecule has 1 heterocycles. The van der Waals surface area contributed by atoms with Crippen LogP contribution in [0.1, 0.15) is 31.1 Å².